The molecule has 0 fully saturated rings. The zero-order valence-electron chi connectivity index (χ0n) is 17.7. The summed E-state index contributed by atoms with van der Waals surface area (Å²) in [6, 6.07) is 3.38. The standard InChI is InChI=1S/C21H30N2O4S/c1-12-8-9-19(27-12)18(7)23-20(24)10-11-22-28(25,26)21-16(5)14(3)13(2)15(4)17(21)6/h8-9,18,22H,10-11H2,1-7H3,(H,23,24). The monoisotopic (exact) mass is 406 g/mol. The van der Waals surface area contributed by atoms with E-state index < -0.39 is 10.0 Å². The maximum absolute atomic E-state index is 12.9. The number of rotatable bonds is 7. The highest BCUT2D eigenvalue weighted by molar-refractivity contribution is 7.89. The molecule has 154 valence electrons. The zero-order valence-corrected chi connectivity index (χ0v) is 18.5. The molecule has 1 amide bonds. The summed E-state index contributed by atoms with van der Waals surface area (Å²) in [6.45, 7) is 13.2. The average Bonchev–Trinajstić information content (AvgIpc) is 3.04. The molecule has 0 radical (unpaired) electrons. The SMILES string of the molecule is Cc1ccc(C(C)NC(=O)CCNS(=O)(=O)c2c(C)c(C)c(C)c(C)c2C)o1. The molecule has 2 aromatic rings. The van der Waals surface area contributed by atoms with Crippen molar-refractivity contribution >= 4 is 15.9 Å². The van der Waals surface area contributed by atoms with Crippen LogP contribution in [-0.4, -0.2) is 20.9 Å². The normalized spacial score (nSPS) is 12.8. The molecule has 0 aliphatic heterocycles. The molecule has 0 aliphatic carbocycles. The molecule has 0 aliphatic rings. The van der Waals surface area contributed by atoms with E-state index in [9.17, 15) is 13.2 Å². The molecule has 2 N–H and O–H groups in total. The minimum atomic E-state index is -3.70. The van der Waals surface area contributed by atoms with Crippen LogP contribution in [0.5, 0.6) is 0 Å². The van der Waals surface area contributed by atoms with Crippen LogP contribution in [0.2, 0.25) is 0 Å². The highest BCUT2D eigenvalue weighted by Gasteiger charge is 2.23. The number of carbonyl (C=O) groups is 1. The second-order valence-electron chi connectivity index (χ2n) is 7.34. The van der Waals surface area contributed by atoms with E-state index in [1.54, 1.807) is 0 Å². The van der Waals surface area contributed by atoms with Crippen molar-refractivity contribution in [2.45, 2.75) is 65.8 Å². The number of carbonyl (C=O) groups excluding carboxylic acids is 1. The van der Waals surface area contributed by atoms with E-state index in [0.29, 0.717) is 10.7 Å². The van der Waals surface area contributed by atoms with Crippen LogP contribution in [0.15, 0.2) is 21.4 Å². The lowest BCUT2D eigenvalue weighted by Gasteiger charge is -2.19. The van der Waals surface area contributed by atoms with E-state index in [-0.39, 0.29) is 24.9 Å². The molecule has 7 heteroatoms. The largest absolute Gasteiger partial charge is 0.464 e. The third-order valence-corrected chi connectivity index (χ3v) is 7.14. The Bertz CT molecular complexity index is 961. The minimum Gasteiger partial charge on any atom is -0.464 e. The van der Waals surface area contributed by atoms with Crippen LogP contribution in [0.1, 0.15) is 58.7 Å². The molecule has 0 spiro atoms. The van der Waals surface area contributed by atoms with Crippen molar-refractivity contribution in [3.05, 3.63) is 51.5 Å². The van der Waals surface area contributed by atoms with Crippen molar-refractivity contribution in [1.29, 1.82) is 0 Å². The van der Waals surface area contributed by atoms with Crippen molar-refractivity contribution in [2.24, 2.45) is 0 Å². The molecular weight excluding hydrogens is 376 g/mol. The van der Waals surface area contributed by atoms with Gasteiger partial charge in [-0.05, 0) is 88.4 Å². The van der Waals surface area contributed by atoms with E-state index >= 15 is 0 Å². The minimum absolute atomic E-state index is 0.0307. The Morgan fingerprint density at radius 3 is 2.00 bits per heavy atom. The Hall–Kier alpha value is -2.12. The summed E-state index contributed by atoms with van der Waals surface area (Å²) < 4.78 is 33.8. The second kappa shape index (κ2) is 8.49. The van der Waals surface area contributed by atoms with Crippen molar-refractivity contribution in [3.63, 3.8) is 0 Å². The first-order valence-corrected chi connectivity index (χ1v) is 10.9. The maximum atomic E-state index is 12.9. The first kappa shape index (κ1) is 22.2. The summed E-state index contributed by atoms with van der Waals surface area (Å²) in [6.07, 6.45) is 0.0468. The number of sulfonamides is 1. The third kappa shape index (κ3) is 4.64. The van der Waals surface area contributed by atoms with Crippen LogP contribution in [0.4, 0.5) is 0 Å². The fourth-order valence-electron chi connectivity index (χ4n) is 3.31. The summed E-state index contributed by atoms with van der Waals surface area (Å²) in [4.78, 5) is 12.5. The zero-order chi connectivity index (χ0) is 21.2. The van der Waals surface area contributed by atoms with Crippen molar-refractivity contribution in [2.75, 3.05) is 6.54 Å². The van der Waals surface area contributed by atoms with Gasteiger partial charge in [-0.25, -0.2) is 13.1 Å². The van der Waals surface area contributed by atoms with Gasteiger partial charge in [0.25, 0.3) is 0 Å². The molecule has 2 rings (SSSR count). The lowest BCUT2D eigenvalue weighted by atomic mass is 9.95. The molecule has 0 saturated carbocycles. The van der Waals surface area contributed by atoms with Crippen LogP contribution in [0.3, 0.4) is 0 Å². The first-order chi connectivity index (χ1) is 13.0. The summed E-state index contributed by atoms with van der Waals surface area (Å²) >= 11 is 0. The Morgan fingerprint density at radius 1 is 0.964 bits per heavy atom. The number of hydrogen-bond donors (Lipinski definition) is 2. The van der Waals surface area contributed by atoms with Crippen LogP contribution < -0.4 is 10.0 Å². The first-order valence-electron chi connectivity index (χ1n) is 9.38. The van der Waals surface area contributed by atoms with Gasteiger partial charge in [0.05, 0.1) is 10.9 Å². The van der Waals surface area contributed by atoms with Gasteiger partial charge in [-0.15, -0.1) is 0 Å². The smallest absolute Gasteiger partial charge is 0.241 e. The Labute approximate surface area is 167 Å². The van der Waals surface area contributed by atoms with Gasteiger partial charge in [-0.1, -0.05) is 0 Å². The molecule has 1 atom stereocenters. The van der Waals surface area contributed by atoms with Gasteiger partial charge in [-0.2, -0.15) is 0 Å². The predicted molar refractivity (Wildman–Crippen MR) is 110 cm³/mol. The van der Waals surface area contributed by atoms with E-state index in [1.807, 2.05) is 60.6 Å². The van der Waals surface area contributed by atoms with Crippen molar-refractivity contribution in [3.8, 4) is 0 Å². The van der Waals surface area contributed by atoms with Gasteiger partial charge in [0.15, 0.2) is 0 Å². The highest BCUT2D eigenvalue weighted by atomic mass is 32.2. The van der Waals surface area contributed by atoms with Crippen molar-refractivity contribution < 1.29 is 17.6 Å². The molecule has 0 saturated heterocycles. The van der Waals surface area contributed by atoms with Gasteiger partial charge in [0, 0.05) is 13.0 Å². The molecule has 1 aromatic carbocycles. The number of benzene rings is 1. The van der Waals surface area contributed by atoms with E-state index in [0.717, 1.165) is 33.6 Å². The van der Waals surface area contributed by atoms with Gasteiger partial charge >= 0.3 is 0 Å². The van der Waals surface area contributed by atoms with Gasteiger partial charge in [-0.3, -0.25) is 4.79 Å². The highest BCUT2D eigenvalue weighted by Crippen LogP contribution is 2.29. The van der Waals surface area contributed by atoms with E-state index in [4.69, 9.17) is 4.42 Å². The molecular formula is C21H30N2O4S. The van der Waals surface area contributed by atoms with Crippen LogP contribution >= 0.6 is 0 Å². The molecule has 1 aromatic heterocycles. The molecule has 1 heterocycles. The Morgan fingerprint density at radius 2 is 1.50 bits per heavy atom. The number of hydrogen-bond acceptors (Lipinski definition) is 4. The fraction of sp³-hybridized carbons (Fsp3) is 0.476. The third-order valence-electron chi connectivity index (χ3n) is 5.41. The van der Waals surface area contributed by atoms with Gasteiger partial charge < -0.3 is 9.73 Å². The number of amides is 1. The Balaban J connectivity index is 2.03. The predicted octanol–water partition coefficient (Wildman–Crippen LogP) is 3.68. The summed E-state index contributed by atoms with van der Waals surface area (Å²) in [5.74, 6) is 1.20. The molecule has 0 bridgehead atoms. The van der Waals surface area contributed by atoms with Crippen molar-refractivity contribution in [1.82, 2.24) is 10.0 Å². The average molecular weight is 407 g/mol. The summed E-state index contributed by atoms with van der Waals surface area (Å²) in [7, 11) is -3.70. The van der Waals surface area contributed by atoms with Crippen LogP contribution in [0, 0.1) is 41.5 Å². The quantitative estimate of drug-likeness (QED) is 0.734. The summed E-state index contributed by atoms with van der Waals surface area (Å²) in [5.41, 5.74) is 4.56. The van der Waals surface area contributed by atoms with Gasteiger partial charge in [0.1, 0.15) is 11.5 Å². The van der Waals surface area contributed by atoms with E-state index in [1.165, 1.54) is 0 Å². The number of nitrogens with one attached hydrogen (secondary N) is 2. The second-order valence-corrected chi connectivity index (χ2v) is 9.04. The van der Waals surface area contributed by atoms with Gasteiger partial charge in [0.2, 0.25) is 15.9 Å². The molecule has 1 unspecified atom stereocenters. The number of aryl methyl sites for hydroxylation is 1. The van der Waals surface area contributed by atoms with E-state index in [2.05, 4.69) is 10.0 Å². The Kier molecular flexibility index (Phi) is 6.72. The molecule has 6 nitrogen and oxygen atoms in total. The van der Waals surface area contributed by atoms with Crippen LogP contribution in [0.25, 0.3) is 0 Å². The summed E-state index contributed by atoms with van der Waals surface area (Å²) in [5, 5.41) is 2.82. The fourth-order valence-corrected chi connectivity index (χ4v) is 4.94. The van der Waals surface area contributed by atoms with Crippen LogP contribution in [-0.2, 0) is 14.8 Å². The molecule has 28 heavy (non-hydrogen) atoms. The lowest BCUT2D eigenvalue weighted by Crippen LogP contribution is -2.32. The number of furan rings is 1. The lowest BCUT2D eigenvalue weighted by molar-refractivity contribution is -0.121. The topological polar surface area (TPSA) is 88.4 Å². The maximum Gasteiger partial charge on any atom is 0.241 e.